The maximum Gasteiger partial charge on any atom is 0.232 e. The molecule has 0 saturated heterocycles. The number of rotatable bonds is 2. The molecule has 0 aliphatic heterocycles. The van der Waals surface area contributed by atoms with Gasteiger partial charge in [0.2, 0.25) is 16.5 Å². The molecule has 0 unspecified atom stereocenters. The van der Waals surface area contributed by atoms with Gasteiger partial charge in [0.05, 0.1) is 5.69 Å². The lowest BCUT2D eigenvalue weighted by molar-refractivity contribution is 0.488. The Morgan fingerprint density at radius 3 is 2.16 bits per heavy atom. The number of benzene rings is 1. The van der Waals surface area contributed by atoms with Crippen LogP contribution in [-0.2, 0) is 0 Å². The molecule has 1 heterocycles. The maximum atomic E-state index is 13.7. The number of halogens is 5. The SMILES string of the molecule is Cc1c(F)c(F)cc(Nc2nc(Cl)nc(Cl)n2)c1F. The number of hydrogen-bond acceptors (Lipinski definition) is 4. The van der Waals surface area contributed by atoms with Gasteiger partial charge in [-0.15, -0.1) is 0 Å². The molecule has 2 rings (SSSR count). The van der Waals surface area contributed by atoms with E-state index >= 15 is 0 Å². The Kier molecular flexibility index (Phi) is 3.77. The van der Waals surface area contributed by atoms with E-state index < -0.39 is 23.0 Å². The summed E-state index contributed by atoms with van der Waals surface area (Å²) in [5, 5.41) is 1.91. The zero-order valence-electron chi connectivity index (χ0n) is 9.31. The highest BCUT2D eigenvalue weighted by atomic mass is 35.5. The standard InChI is InChI=1S/C10H5Cl2F3N4/c1-3-6(14)4(13)2-5(7(3)15)16-10-18-8(11)17-9(12)19-10/h2H,1H3,(H,16,17,18,19). The van der Waals surface area contributed by atoms with Crippen molar-refractivity contribution in [3.8, 4) is 0 Å². The van der Waals surface area contributed by atoms with Gasteiger partial charge < -0.3 is 5.32 Å². The summed E-state index contributed by atoms with van der Waals surface area (Å²) in [6, 6.07) is 0.642. The second-order valence-corrected chi connectivity index (χ2v) is 4.16. The van der Waals surface area contributed by atoms with Crippen LogP contribution in [0.15, 0.2) is 6.07 Å². The van der Waals surface area contributed by atoms with Crippen molar-refractivity contribution in [1.82, 2.24) is 15.0 Å². The lowest BCUT2D eigenvalue weighted by Crippen LogP contribution is -2.04. The van der Waals surface area contributed by atoms with Crippen molar-refractivity contribution >= 4 is 34.8 Å². The highest BCUT2D eigenvalue weighted by molar-refractivity contribution is 6.31. The zero-order valence-corrected chi connectivity index (χ0v) is 10.8. The van der Waals surface area contributed by atoms with E-state index in [0.717, 1.165) is 6.92 Å². The Morgan fingerprint density at radius 1 is 1.00 bits per heavy atom. The van der Waals surface area contributed by atoms with Crippen LogP contribution in [0.1, 0.15) is 5.56 Å². The molecule has 0 aliphatic rings. The molecule has 0 radical (unpaired) electrons. The molecule has 1 N–H and O–H groups in total. The molecule has 0 atom stereocenters. The molecule has 0 bridgehead atoms. The van der Waals surface area contributed by atoms with Crippen molar-refractivity contribution in [2.45, 2.75) is 6.92 Å². The first-order chi connectivity index (χ1) is 8.88. The first-order valence-electron chi connectivity index (χ1n) is 4.86. The van der Waals surface area contributed by atoms with Crippen LogP contribution in [0, 0.1) is 24.4 Å². The number of aromatic nitrogens is 3. The van der Waals surface area contributed by atoms with Crippen molar-refractivity contribution in [2.24, 2.45) is 0 Å². The van der Waals surface area contributed by atoms with Crippen LogP contribution in [-0.4, -0.2) is 15.0 Å². The van der Waals surface area contributed by atoms with E-state index in [0.29, 0.717) is 6.07 Å². The van der Waals surface area contributed by atoms with E-state index in [2.05, 4.69) is 20.3 Å². The van der Waals surface area contributed by atoms with Crippen LogP contribution >= 0.6 is 23.2 Å². The van der Waals surface area contributed by atoms with Crippen molar-refractivity contribution in [2.75, 3.05) is 5.32 Å². The fraction of sp³-hybridized carbons (Fsp3) is 0.100. The van der Waals surface area contributed by atoms with Crippen LogP contribution < -0.4 is 5.32 Å². The third kappa shape index (κ3) is 2.87. The maximum absolute atomic E-state index is 13.7. The Bertz CT molecular complexity index is 631. The van der Waals surface area contributed by atoms with E-state index in [1.165, 1.54) is 0 Å². The Hall–Kier alpha value is -1.60. The molecule has 0 aliphatic carbocycles. The average molecular weight is 309 g/mol. The molecule has 0 spiro atoms. The smallest absolute Gasteiger partial charge is 0.232 e. The molecule has 2 aromatic rings. The highest BCUT2D eigenvalue weighted by Gasteiger charge is 2.16. The first-order valence-corrected chi connectivity index (χ1v) is 5.62. The predicted molar refractivity (Wildman–Crippen MR) is 64.2 cm³/mol. The molecule has 100 valence electrons. The van der Waals surface area contributed by atoms with Gasteiger partial charge in [-0.2, -0.15) is 15.0 Å². The summed E-state index contributed by atoms with van der Waals surface area (Å²) < 4.78 is 40.0. The lowest BCUT2D eigenvalue weighted by atomic mass is 10.2. The number of hydrogen-bond donors (Lipinski definition) is 1. The van der Waals surface area contributed by atoms with E-state index in [1.807, 2.05) is 0 Å². The third-order valence-corrected chi connectivity index (χ3v) is 2.54. The summed E-state index contributed by atoms with van der Waals surface area (Å²) in [5.41, 5.74) is -0.802. The molecular weight excluding hydrogens is 304 g/mol. The van der Waals surface area contributed by atoms with E-state index in [4.69, 9.17) is 23.2 Å². The number of nitrogens with zero attached hydrogens (tertiary/aromatic N) is 3. The molecule has 0 amide bonds. The summed E-state index contributed by atoms with van der Waals surface area (Å²) in [6.45, 7) is 1.10. The third-order valence-electron chi connectivity index (χ3n) is 2.20. The molecule has 4 nitrogen and oxygen atoms in total. The quantitative estimate of drug-likeness (QED) is 0.860. The minimum Gasteiger partial charge on any atom is -0.321 e. The number of nitrogens with one attached hydrogen (secondary N) is 1. The zero-order chi connectivity index (χ0) is 14.2. The van der Waals surface area contributed by atoms with Crippen LogP contribution in [0.2, 0.25) is 10.6 Å². The molecular formula is C10H5Cl2F3N4. The first kappa shape index (κ1) is 13.8. The van der Waals surface area contributed by atoms with Crippen molar-refractivity contribution in [3.63, 3.8) is 0 Å². The second-order valence-electron chi connectivity index (χ2n) is 3.48. The van der Waals surface area contributed by atoms with Gasteiger partial charge in [-0.1, -0.05) is 0 Å². The van der Waals surface area contributed by atoms with E-state index in [9.17, 15) is 13.2 Å². The van der Waals surface area contributed by atoms with Gasteiger partial charge in [0.1, 0.15) is 0 Å². The number of anilines is 2. The largest absolute Gasteiger partial charge is 0.321 e. The van der Waals surface area contributed by atoms with Gasteiger partial charge in [-0.05, 0) is 30.1 Å². The molecule has 1 aromatic heterocycles. The monoisotopic (exact) mass is 308 g/mol. The van der Waals surface area contributed by atoms with Crippen molar-refractivity contribution in [3.05, 3.63) is 39.6 Å². The highest BCUT2D eigenvalue weighted by Crippen LogP contribution is 2.25. The summed E-state index contributed by atoms with van der Waals surface area (Å²) in [7, 11) is 0. The lowest BCUT2D eigenvalue weighted by Gasteiger charge is -2.09. The summed E-state index contributed by atoms with van der Waals surface area (Å²) in [5.74, 6) is -3.61. The molecule has 1 aromatic carbocycles. The average Bonchev–Trinajstić information content (AvgIpc) is 2.32. The minimum atomic E-state index is -1.25. The fourth-order valence-electron chi connectivity index (χ4n) is 1.32. The Balaban J connectivity index is 2.44. The van der Waals surface area contributed by atoms with Crippen LogP contribution in [0.4, 0.5) is 24.8 Å². The Morgan fingerprint density at radius 2 is 1.58 bits per heavy atom. The van der Waals surface area contributed by atoms with Crippen LogP contribution in [0.3, 0.4) is 0 Å². The van der Waals surface area contributed by atoms with Gasteiger partial charge in [-0.25, -0.2) is 13.2 Å². The molecule has 9 heteroatoms. The van der Waals surface area contributed by atoms with Crippen LogP contribution in [0.5, 0.6) is 0 Å². The van der Waals surface area contributed by atoms with Crippen molar-refractivity contribution in [1.29, 1.82) is 0 Å². The van der Waals surface area contributed by atoms with Gasteiger partial charge in [0.15, 0.2) is 17.5 Å². The van der Waals surface area contributed by atoms with Crippen molar-refractivity contribution < 1.29 is 13.2 Å². The second kappa shape index (κ2) is 5.18. The Labute approximate surface area is 115 Å². The normalized spacial score (nSPS) is 10.6. The molecule has 19 heavy (non-hydrogen) atoms. The fourth-order valence-corrected chi connectivity index (χ4v) is 1.69. The molecule has 0 saturated carbocycles. The topological polar surface area (TPSA) is 50.7 Å². The summed E-state index contributed by atoms with van der Waals surface area (Å²) in [4.78, 5) is 10.7. The van der Waals surface area contributed by atoms with Gasteiger partial charge >= 0.3 is 0 Å². The summed E-state index contributed by atoms with van der Waals surface area (Å²) in [6.07, 6.45) is 0. The minimum absolute atomic E-state index is 0.186. The van der Waals surface area contributed by atoms with Gasteiger partial charge in [-0.3, -0.25) is 0 Å². The molecule has 0 fully saturated rings. The predicted octanol–water partition coefficient (Wildman–Crippen LogP) is 3.65. The van der Waals surface area contributed by atoms with Gasteiger partial charge in [0.25, 0.3) is 0 Å². The van der Waals surface area contributed by atoms with E-state index in [1.54, 1.807) is 0 Å². The van der Waals surface area contributed by atoms with Gasteiger partial charge in [0, 0.05) is 11.6 Å². The van der Waals surface area contributed by atoms with Crippen LogP contribution in [0.25, 0.3) is 0 Å². The summed E-state index contributed by atoms with van der Waals surface area (Å²) >= 11 is 11.1. The van der Waals surface area contributed by atoms with E-state index in [-0.39, 0.29) is 22.2 Å².